The van der Waals surface area contributed by atoms with Crippen LogP contribution in [0.5, 0.6) is 0 Å². The van der Waals surface area contributed by atoms with Crippen LogP contribution in [-0.4, -0.2) is 0 Å². The summed E-state index contributed by atoms with van der Waals surface area (Å²) in [6, 6.07) is 31.4. The molecule has 0 aliphatic rings. The molecule has 0 aliphatic carbocycles. The largest absolute Gasteiger partial charge is 0.456 e. The van der Waals surface area contributed by atoms with Crippen LogP contribution >= 0.6 is 0 Å². The number of pyridine rings is 1. The van der Waals surface area contributed by atoms with Crippen LogP contribution in [0.4, 0.5) is 5.69 Å². The van der Waals surface area contributed by atoms with Crippen molar-refractivity contribution in [3.8, 4) is 33.5 Å². The van der Waals surface area contributed by atoms with E-state index in [0.717, 1.165) is 49.9 Å². The summed E-state index contributed by atoms with van der Waals surface area (Å²) in [6.07, 6.45) is 0. The third-order valence-electron chi connectivity index (χ3n) is 7.93. The van der Waals surface area contributed by atoms with E-state index in [1.54, 1.807) is 0 Å². The van der Waals surface area contributed by atoms with E-state index in [9.17, 15) is 0 Å². The van der Waals surface area contributed by atoms with E-state index >= 15 is 0 Å². The summed E-state index contributed by atoms with van der Waals surface area (Å²) in [5.41, 5.74) is 12.5. The van der Waals surface area contributed by atoms with Crippen molar-refractivity contribution >= 4 is 27.6 Å². The van der Waals surface area contributed by atoms with Gasteiger partial charge in [-0.05, 0) is 35.1 Å². The van der Waals surface area contributed by atoms with E-state index in [1.807, 2.05) is 42.5 Å². The van der Waals surface area contributed by atoms with Crippen LogP contribution in [0.15, 0.2) is 95.4 Å². The molecule has 6 rings (SSSR count). The van der Waals surface area contributed by atoms with Crippen molar-refractivity contribution in [3.63, 3.8) is 0 Å². The summed E-state index contributed by atoms with van der Waals surface area (Å²) >= 11 is 0. The molecular formula is C36H31N2O+. The van der Waals surface area contributed by atoms with Crippen molar-refractivity contribution in [2.24, 2.45) is 7.05 Å². The topological polar surface area (TPSA) is 21.4 Å². The monoisotopic (exact) mass is 507 g/mol. The Morgan fingerprint density at radius 1 is 0.718 bits per heavy atom. The highest BCUT2D eigenvalue weighted by Crippen LogP contribution is 2.45. The molecule has 0 radical (unpaired) electrons. The van der Waals surface area contributed by atoms with Crippen molar-refractivity contribution in [1.29, 1.82) is 0 Å². The molecule has 0 spiro atoms. The maximum Gasteiger partial charge on any atom is 0.216 e. The van der Waals surface area contributed by atoms with Crippen molar-refractivity contribution in [1.82, 2.24) is 0 Å². The summed E-state index contributed by atoms with van der Waals surface area (Å²) in [4.78, 5) is 3.85. The number of rotatable bonds is 4. The molecule has 0 unspecified atom stereocenters. The molecule has 0 N–H and O–H groups in total. The van der Waals surface area contributed by atoms with Crippen molar-refractivity contribution in [2.45, 2.75) is 33.6 Å². The second kappa shape index (κ2) is 9.57. The fourth-order valence-electron chi connectivity index (χ4n) is 5.84. The van der Waals surface area contributed by atoms with E-state index < -0.39 is 0 Å². The summed E-state index contributed by atoms with van der Waals surface area (Å²) in [5, 5.41) is 2.09. The molecular weight excluding hydrogens is 476 g/mol. The first kappa shape index (κ1) is 24.6. The lowest BCUT2D eigenvalue weighted by Crippen LogP contribution is -2.36. The van der Waals surface area contributed by atoms with Crippen molar-refractivity contribution < 1.29 is 8.98 Å². The third kappa shape index (κ3) is 3.92. The lowest BCUT2D eigenvalue weighted by molar-refractivity contribution is -0.666. The molecule has 0 fully saturated rings. The number of aryl methyl sites for hydroxylation is 1. The van der Waals surface area contributed by atoms with Gasteiger partial charge in [0.2, 0.25) is 5.69 Å². The van der Waals surface area contributed by atoms with Gasteiger partial charge in [-0.15, -0.1) is 0 Å². The first-order valence-electron chi connectivity index (χ1n) is 13.4. The highest BCUT2D eigenvalue weighted by atomic mass is 16.3. The minimum absolute atomic E-state index is 0.347. The van der Waals surface area contributed by atoms with Gasteiger partial charge in [-0.1, -0.05) is 98.8 Å². The fourth-order valence-corrected chi connectivity index (χ4v) is 5.84. The summed E-state index contributed by atoms with van der Waals surface area (Å²) < 4.78 is 9.10. The normalized spacial score (nSPS) is 11.4. The highest BCUT2D eigenvalue weighted by molar-refractivity contribution is 6.15. The van der Waals surface area contributed by atoms with Crippen molar-refractivity contribution in [2.75, 3.05) is 0 Å². The van der Waals surface area contributed by atoms with Gasteiger partial charge in [0, 0.05) is 29.3 Å². The first-order valence-corrected chi connectivity index (χ1v) is 13.4. The second-order valence-corrected chi connectivity index (χ2v) is 10.6. The molecule has 0 saturated carbocycles. The van der Waals surface area contributed by atoms with Crippen LogP contribution in [0.1, 0.15) is 36.6 Å². The summed E-state index contributed by atoms with van der Waals surface area (Å²) in [7, 11) is 2.15. The number of benzene rings is 4. The number of nitrogens with zero attached hydrogens (tertiary/aromatic N) is 2. The Bertz CT molecular complexity index is 1910. The predicted molar refractivity (Wildman–Crippen MR) is 161 cm³/mol. The van der Waals surface area contributed by atoms with Gasteiger partial charge in [0.05, 0.1) is 17.7 Å². The quantitative estimate of drug-likeness (QED) is 0.172. The maximum atomic E-state index is 7.84. The Morgan fingerprint density at radius 2 is 1.28 bits per heavy atom. The van der Waals surface area contributed by atoms with Gasteiger partial charge >= 0.3 is 0 Å². The number of hydrogen-bond acceptors (Lipinski definition) is 1. The smallest absolute Gasteiger partial charge is 0.216 e. The predicted octanol–water partition coefficient (Wildman–Crippen LogP) is 9.70. The van der Waals surface area contributed by atoms with Gasteiger partial charge in [0.1, 0.15) is 18.2 Å². The number of hydrogen-bond donors (Lipinski definition) is 0. The SMILES string of the molecule is [C-]#[N+]c1ccc2c(oc3c(-c4cc(C(C)C)c(-c5ccccc5)c(C)[n+]4C)c(C)ccc32)c1-c1ccccc1. The number of furan rings is 1. The lowest BCUT2D eigenvalue weighted by Gasteiger charge is -2.17. The number of aromatic nitrogens is 1. The molecule has 4 aromatic carbocycles. The maximum absolute atomic E-state index is 7.84. The van der Waals surface area contributed by atoms with Crippen molar-refractivity contribution in [3.05, 3.63) is 119 Å². The van der Waals surface area contributed by atoms with E-state index in [4.69, 9.17) is 11.0 Å². The van der Waals surface area contributed by atoms with Gasteiger partial charge in [-0.3, -0.25) is 0 Å². The molecule has 0 saturated heterocycles. The molecule has 0 atom stereocenters. The van der Waals surface area contributed by atoms with Crippen LogP contribution in [0.2, 0.25) is 0 Å². The molecule has 39 heavy (non-hydrogen) atoms. The fraction of sp³-hybridized carbons (Fsp3) is 0.167. The summed E-state index contributed by atoms with van der Waals surface area (Å²) in [5.74, 6) is 0.347. The Kier molecular flexibility index (Phi) is 6.04. The van der Waals surface area contributed by atoms with E-state index in [1.165, 1.54) is 22.4 Å². The molecule has 2 heterocycles. The van der Waals surface area contributed by atoms with Gasteiger partial charge in [0.25, 0.3) is 0 Å². The van der Waals surface area contributed by atoms with Crippen LogP contribution in [0, 0.1) is 20.4 Å². The zero-order chi connectivity index (χ0) is 27.3. The zero-order valence-electron chi connectivity index (χ0n) is 23.0. The Balaban J connectivity index is 1.70. The Morgan fingerprint density at radius 3 is 1.87 bits per heavy atom. The van der Waals surface area contributed by atoms with Crippen LogP contribution < -0.4 is 4.57 Å². The first-order chi connectivity index (χ1) is 18.9. The van der Waals surface area contributed by atoms with Gasteiger partial charge in [-0.2, -0.15) is 4.57 Å². The zero-order valence-corrected chi connectivity index (χ0v) is 23.0. The van der Waals surface area contributed by atoms with Gasteiger partial charge in [0.15, 0.2) is 11.4 Å². The van der Waals surface area contributed by atoms with Gasteiger partial charge < -0.3 is 4.42 Å². The third-order valence-corrected chi connectivity index (χ3v) is 7.93. The van der Waals surface area contributed by atoms with Crippen LogP contribution in [-0.2, 0) is 7.05 Å². The summed E-state index contributed by atoms with van der Waals surface area (Å²) in [6.45, 7) is 16.7. The molecule has 0 amide bonds. The minimum Gasteiger partial charge on any atom is -0.456 e. The Hall–Kier alpha value is -4.68. The molecule has 3 nitrogen and oxygen atoms in total. The van der Waals surface area contributed by atoms with Crippen LogP contribution in [0.25, 0.3) is 60.3 Å². The highest BCUT2D eigenvalue weighted by Gasteiger charge is 2.28. The molecule has 0 bridgehead atoms. The average molecular weight is 508 g/mol. The Labute approximate surface area is 229 Å². The molecule has 0 aliphatic heterocycles. The molecule has 190 valence electrons. The average Bonchev–Trinajstić information content (AvgIpc) is 3.33. The standard InChI is InChI=1S/C36H31N2O/c1-22(2)29-21-31(38(6)24(4)33(29)25-13-9-7-10-14-25)32-23(3)17-18-27-28-19-20-30(37-5)34(36(28)39-35(27)32)26-15-11-8-12-16-26/h7-22H,1-4,6H3/q+1. The second-order valence-electron chi connectivity index (χ2n) is 10.6. The molecule has 6 aromatic rings. The number of fused-ring (bicyclic) bond motifs is 3. The molecule has 3 heteroatoms. The molecule has 2 aromatic heterocycles. The lowest BCUT2D eigenvalue weighted by atomic mass is 9.89. The van der Waals surface area contributed by atoms with E-state index in [-0.39, 0.29) is 0 Å². The minimum atomic E-state index is 0.347. The van der Waals surface area contributed by atoms with E-state index in [0.29, 0.717) is 11.6 Å². The van der Waals surface area contributed by atoms with Crippen LogP contribution in [0.3, 0.4) is 0 Å². The van der Waals surface area contributed by atoms with Gasteiger partial charge in [-0.25, -0.2) is 4.85 Å². The van der Waals surface area contributed by atoms with E-state index in [2.05, 4.69) is 92.7 Å².